The Labute approximate surface area is 156 Å². The van der Waals surface area contributed by atoms with Gasteiger partial charge in [-0.1, -0.05) is 39.7 Å². The van der Waals surface area contributed by atoms with Gasteiger partial charge in [-0.15, -0.1) is 0 Å². The Morgan fingerprint density at radius 2 is 1.80 bits per heavy atom. The molecule has 1 aliphatic heterocycles. The quantitative estimate of drug-likeness (QED) is 0.535. The highest BCUT2D eigenvalue weighted by Crippen LogP contribution is 2.22. The Morgan fingerprint density at radius 1 is 1.16 bits per heavy atom. The molecule has 0 bridgehead atoms. The molecule has 4 nitrogen and oxygen atoms in total. The Balaban J connectivity index is 2.53. The first kappa shape index (κ1) is 22.2. The van der Waals surface area contributed by atoms with E-state index in [1.54, 1.807) is 0 Å². The molecule has 2 N–H and O–H groups in total. The number of allylic oxidation sites excluding steroid dienone is 2. The molecular formula is C21H42N4. The van der Waals surface area contributed by atoms with Crippen LogP contribution in [-0.2, 0) is 0 Å². The second-order valence-corrected chi connectivity index (χ2v) is 7.47. The number of hydrogen-bond acceptors (Lipinski definition) is 4. The highest BCUT2D eigenvalue weighted by Gasteiger charge is 2.25. The van der Waals surface area contributed by atoms with Gasteiger partial charge in [-0.25, -0.2) is 0 Å². The van der Waals surface area contributed by atoms with Crippen LogP contribution in [0.3, 0.4) is 0 Å². The second kappa shape index (κ2) is 13.3. The van der Waals surface area contributed by atoms with E-state index in [9.17, 15) is 0 Å². The summed E-state index contributed by atoms with van der Waals surface area (Å²) < 4.78 is 0. The van der Waals surface area contributed by atoms with Gasteiger partial charge in [0.2, 0.25) is 0 Å². The van der Waals surface area contributed by atoms with E-state index in [4.69, 9.17) is 10.7 Å². The molecule has 1 rings (SSSR count). The van der Waals surface area contributed by atoms with Gasteiger partial charge >= 0.3 is 0 Å². The van der Waals surface area contributed by atoms with E-state index >= 15 is 0 Å². The maximum atomic E-state index is 5.90. The molecule has 1 unspecified atom stereocenters. The molecule has 0 saturated carbocycles. The first-order chi connectivity index (χ1) is 12.1. The largest absolute Gasteiger partial charge is 0.398 e. The minimum Gasteiger partial charge on any atom is -0.398 e. The molecule has 1 atom stereocenters. The van der Waals surface area contributed by atoms with E-state index in [0.29, 0.717) is 6.17 Å². The molecule has 0 amide bonds. The summed E-state index contributed by atoms with van der Waals surface area (Å²) in [7, 11) is 0. The summed E-state index contributed by atoms with van der Waals surface area (Å²) in [4.78, 5) is 10.0. The van der Waals surface area contributed by atoms with Crippen molar-refractivity contribution in [3.05, 3.63) is 11.8 Å². The van der Waals surface area contributed by atoms with Crippen LogP contribution in [-0.4, -0.2) is 54.9 Å². The van der Waals surface area contributed by atoms with E-state index in [1.807, 2.05) is 19.2 Å². The summed E-state index contributed by atoms with van der Waals surface area (Å²) in [6.07, 6.45) is 12.8. The SMILES string of the molecule is C/C=C(N)\C=N/C(CCCC)N1CCC(CN(CCC)CCC)CC1. The van der Waals surface area contributed by atoms with Gasteiger partial charge in [0, 0.05) is 31.5 Å². The maximum Gasteiger partial charge on any atom is 0.102 e. The summed E-state index contributed by atoms with van der Waals surface area (Å²) in [6.45, 7) is 14.9. The zero-order chi connectivity index (χ0) is 18.5. The van der Waals surface area contributed by atoms with Crippen molar-refractivity contribution in [2.75, 3.05) is 32.7 Å². The van der Waals surface area contributed by atoms with Crippen molar-refractivity contribution in [3.8, 4) is 0 Å². The highest BCUT2D eigenvalue weighted by atomic mass is 15.2. The lowest BCUT2D eigenvalue weighted by atomic mass is 9.95. The van der Waals surface area contributed by atoms with E-state index < -0.39 is 0 Å². The minimum absolute atomic E-state index is 0.307. The van der Waals surface area contributed by atoms with Crippen molar-refractivity contribution >= 4 is 6.21 Å². The predicted molar refractivity (Wildman–Crippen MR) is 111 cm³/mol. The zero-order valence-corrected chi connectivity index (χ0v) is 17.2. The van der Waals surface area contributed by atoms with E-state index in [2.05, 4.69) is 30.6 Å². The average Bonchev–Trinajstić information content (AvgIpc) is 2.63. The van der Waals surface area contributed by atoms with Gasteiger partial charge in [0.25, 0.3) is 0 Å². The highest BCUT2D eigenvalue weighted by molar-refractivity contribution is 5.77. The Kier molecular flexibility index (Phi) is 11.8. The van der Waals surface area contributed by atoms with Crippen molar-refractivity contribution in [3.63, 3.8) is 0 Å². The number of unbranched alkanes of at least 4 members (excludes halogenated alkanes) is 1. The standard InChI is InChI=1S/C21H42N4/c1-5-9-10-21(23-17-20(22)8-4)25-15-11-19(12-16-25)18-24(13-6-2)14-7-3/h8,17,19,21H,5-7,9-16,18,22H2,1-4H3/b20-8+,23-17-. The van der Waals surface area contributed by atoms with Gasteiger partial charge in [0.05, 0.1) is 0 Å². The molecule has 1 aliphatic rings. The van der Waals surface area contributed by atoms with Crippen LogP contribution in [0, 0.1) is 5.92 Å². The molecule has 4 heteroatoms. The maximum absolute atomic E-state index is 5.90. The molecule has 25 heavy (non-hydrogen) atoms. The fourth-order valence-electron chi connectivity index (χ4n) is 3.71. The Morgan fingerprint density at radius 3 is 2.32 bits per heavy atom. The zero-order valence-electron chi connectivity index (χ0n) is 17.2. The van der Waals surface area contributed by atoms with E-state index in [0.717, 1.165) is 18.0 Å². The van der Waals surface area contributed by atoms with E-state index in [-0.39, 0.29) is 0 Å². The number of likely N-dealkylation sites (tertiary alicyclic amines) is 1. The normalized spacial score (nSPS) is 19.2. The summed E-state index contributed by atoms with van der Waals surface area (Å²) in [5.74, 6) is 0.853. The molecule has 0 aromatic carbocycles. The molecule has 0 aliphatic carbocycles. The lowest BCUT2D eigenvalue weighted by Crippen LogP contribution is -2.43. The van der Waals surface area contributed by atoms with Crippen molar-refractivity contribution < 1.29 is 0 Å². The molecular weight excluding hydrogens is 308 g/mol. The third-order valence-corrected chi connectivity index (χ3v) is 5.21. The van der Waals surface area contributed by atoms with Crippen molar-refractivity contribution in [2.24, 2.45) is 16.6 Å². The van der Waals surface area contributed by atoms with Crippen LogP contribution in [0.25, 0.3) is 0 Å². The fourth-order valence-corrected chi connectivity index (χ4v) is 3.71. The summed E-state index contributed by atoms with van der Waals surface area (Å²) in [5.41, 5.74) is 6.67. The predicted octanol–water partition coefficient (Wildman–Crippen LogP) is 4.27. The smallest absolute Gasteiger partial charge is 0.102 e. The van der Waals surface area contributed by atoms with Crippen LogP contribution in [0.4, 0.5) is 0 Å². The summed E-state index contributed by atoms with van der Waals surface area (Å²) in [5, 5.41) is 0. The van der Waals surface area contributed by atoms with Gasteiger partial charge in [-0.2, -0.15) is 0 Å². The molecule has 1 fully saturated rings. The molecule has 1 saturated heterocycles. The first-order valence-electron chi connectivity index (χ1n) is 10.6. The average molecular weight is 351 g/mol. The van der Waals surface area contributed by atoms with Gasteiger partial charge in [0.1, 0.15) is 6.17 Å². The number of nitrogens with two attached hydrogens (primary N) is 1. The fraction of sp³-hybridized carbons (Fsp3) is 0.857. The lowest BCUT2D eigenvalue weighted by molar-refractivity contribution is 0.107. The van der Waals surface area contributed by atoms with Gasteiger partial charge in [-0.3, -0.25) is 9.89 Å². The van der Waals surface area contributed by atoms with Crippen molar-refractivity contribution in [2.45, 2.75) is 78.8 Å². The number of nitrogens with zero attached hydrogens (tertiary/aromatic N) is 3. The second-order valence-electron chi connectivity index (χ2n) is 7.47. The summed E-state index contributed by atoms with van der Waals surface area (Å²) >= 11 is 0. The van der Waals surface area contributed by atoms with Crippen molar-refractivity contribution in [1.82, 2.24) is 9.80 Å². The minimum atomic E-state index is 0.307. The monoisotopic (exact) mass is 350 g/mol. The number of rotatable bonds is 12. The van der Waals surface area contributed by atoms with Gasteiger partial charge in [0.15, 0.2) is 0 Å². The molecule has 146 valence electrons. The molecule has 0 aromatic heterocycles. The molecule has 0 radical (unpaired) electrons. The van der Waals surface area contributed by atoms with E-state index in [1.165, 1.54) is 71.2 Å². The molecule has 0 spiro atoms. The van der Waals surface area contributed by atoms with Crippen LogP contribution in [0.5, 0.6) is 0 Å². The van der Waals surface area contributed by atoms with Crippen LogP contribution in [0.15, 0.2) is 16.8 Å². The number of piperidine rings is 1. The van der Waals surface area contributed by atoms with Crippen LogP contribution >= 0.6 is 0 Å². The third kappa shape index (κ3) is 8.87. The number of aliphatic imine (C=N–C) groups is 1. The lowest BCUT2D eigenvalue weighted by Gasteiger charge is -2.37. The van der Waals surface area contributed by atoms with Crippen LogP contribution < -0.4 is 5.73 Å². The van der Waals surface area contributed by atoms with Gasteiger partial charge < -0.3 is 10.6 Å². The summed E-state index contributed by atoms with van der Waals surface area (Å²) in [6, 6.07) is 0. The number of hydrogen-bond donors (Lipinski definition) is 1. The van der Waals surface area contributed by atoms with Crippen LogP contribution in [0.1, 0.15) is 72.6 Å². The Bertz CT molecular complexity index is 377. The third-order valence-electron chi connectivity index (χ3n) is 5.21. The van der Waals surface area contributed by atoms with Crippen LogP contribution in [0.2, 0.25) is 0 Å². The van der Waals surface area contributed by atoms with Gasteiger partial charge in [-0.05, 0) is 58.0 Å². The Hall–Kier alpha value is -0.870. The first-order valence-corrected chi connectivity index (χ1v) is 10.6. The molecule has 1 heterocycles. The van der Waals surface area contributed by atoms with Crippen molar-refractivity contribution in [1.29, 1.82) is 0 Å². The topological polar surface area (TPSA) is 44.9 Å². The molecule has 0 aromatic rings.